The Morgan fingerprint density at radius 3 is 2.59 bits per heavy atom. The largest absolute Gasteiger partial charge is 0.465 e. The van der Waals surface area contributed by atoms with Crippen LogP contribution in [0.15, 0.2) is 28.4 Å². The SMILES string of the molecule is COC(=O)c1c(C)[nH]c(C(=O)[C@H](C)OC(=O)/C(C#N)=C/c2ccco2)c1C. The van der Waals surface area contributed by atoms with Crippen molar-refractivity contribution in [2.24, 2.45) is 0 Å². The van der Waals surface area contributed by atoms with Crippen LogP contribution >= 0.6 is 0 Å². The number of rotatable bonds is 6. The number of carbonyl (C=O) groups is 3. The van der Waals surface area contributed by atoms with Gasteiger partial charge in [0.25, 0.3) is 0 Å². The molecule has 8 heteroatoms. The number of aryl methyl sites for hydroxylation is 1. The Labute approximate surface area is 155 Å². The number of furan rings is 1. The highest BCUT2D eigenvalue weighted by molar-refractivity contribution is 6.05. The average molecular weight is 370 g/mol. The van der Waals surface area contributed by atoms with Gasteiger partial charge in [0.1, 0.15) is 17.4 Å². The highest BCUT2D eigenvalue weighted by atomic mass is 16.5. The number of hydrogen-bond acceptors (Lipinski definition) is 7. The molecule has 0 amide bonds. The first-order valence-corrected chi connectivity index (χ1v) is 7.98. The number of hydrogen-bond donors (Lipinski definition) is 1. The summed E-state index contributed by atoms with van der Waals surface area (Å²) in [7, 11) is 1.24. The number of H-pyrrole nitrogens is 1. The van der Waals surface area contributed by atoms with Crippen molar-refractivity contribution in [1.82, 2.24) is 4.98 Å². The maximum absolute atomic E-state index is 12.6. The molecule has 8 nitrogen and oxygen atoms in total. The van der Waals surface area contributed by atoms with Crippen molar-refractivity contribution in [3.05, 3.63) is 52.2 Å². The number of aromatic nitrogens is 1. The van der Waals surface area contributed by atoms with Crippen LogP contribution in [-0.2, 0) is 14.3 Å². The second-order valence-corrected chi connectivity index (χ2v) is 5.71. The summed E-state index contributed by atoms with van der Waals surface area (Å²) in [5, 5.41) is 9.13. The minimum Gasteiger partial charge on any atom is -0.465 e. The molecule has 0 bridgehead atoms. The number of methoxy groups -OCH3 is 1. The van der Waals surface area contributed by atoms with Gasteiger partial charge < -0.3 is 18.9 Å². The molecule has 1 atom stereocenters. The molecule has 0 radical (unpaired) electrons. The quantitative estimate of drug-likeness (QED) is 0.359. The van der Waals surface area contributed by atoms with E-state index in [0.29, 0.717) is 17.0 Å². The Hall–Kier alpha value is -3.60. The first kappa shape index (κ1) is 19.7. The smallest absolute Gasteiger partial charge is 0.349 e. The molecule has 0 saturated heterocycles. The summed E-state index contributed by atoms with van der Waals surface area (Å²) in [4.78, 5) is 39.4. The summed E-state index contributed by atoms with van der Waals surface area (Å²) in [5.74, 6) is -1.75. The van der Waals surface area contributed by atoms with Crippen LogP contribution in [0.3, 0.4) is 0 Å². The molecule has 2 aromatic heterocycles. The van der Waals surface area contributed by atoms with E-state index in [9.17, 15) is 14.4 Å². The lowest BCUT2D eigenvalue weighted by Gasteiger charge is -2.11. The van der Waals surface area contributed by atoms with Crippen molar-refractivity contribution in [2.75, 3.05) is 7.11 Å². The maximum atomic E-state index is 12.6. The molecule has 140 valence electrons. The molecule has 0 fully saturated rings. The predicted octanol–water partition coefficient (Wildman–Crippen LogP) is 2.73. The molecule has 2 heterocycles. The second-order valence-electron chi connectivity index (χ2n) is 5.71. The van der Waals surface area contributed by atoms with Crippen molar-refractivity contribution in [1.29, 1.82) is 5.26 Å². The molecule has 0 aliphatic carbocycles. The van der Waals surface area contributed by atoms with Crippen LogP contribution < -0.4 is 0 Å². The Morgan fingerprint density at radius 2 is 2.04 bits per heavy atom. The first-order chi connectivity index (χ1) is 12.8. The fourth-order valence-electron chi connectivity index (χ4n) is 2.54. The molecule has 0 aliphatic heterocycles. The van der Waals surface area contributed by atoms with E-state index in [2.05, 4.69) is 4.98 Å². The van der Waals surface area contributed by atoms with Gasteiger partial charge in [-0.25, -0.2) is 9.59 Å². The van der Waals surface area contributed by atoms with Crippen molar-refractivity contribution in [2.45, 2.75) is 26.9 Å². The zero-order chi connectivity index (χ0) is 20.1. The number of ketones is 1. The number of nitrogens with one attached hydrogen (secondary N) is 1. The van der Waals surface area contributed by atoms with Crippen molar-refractivity contribution in [3.63, 3.8) is 0 Å². The van der Waals surface area contributed by atoms with Gasteiger partial charge in [-0.2, -0.15) is 5.26 Å². The fourth-order valence-corrected chi connectivity index (χ4v) is 2.54. The van der Waals surface area contributed by atoms with Crippen LogP contribution in [0.2, 0.25) is 0 Å². The van der Waals surface area contributed by atoms with E-state index in [-0.39, 0.29) is 16.8 Å². The van der Waals surface area contributed by atoms with Crippen molar-refractivity contribution in [3.8, 4) is 6.07 Å². The first-order valence-electron chi connectivity index (χ1n) is 7.98. The molecule has 0 aliphatic rings. The van der Waals surface area contributed by atoms with Gasteiger partial charge in [0.2, 0.25) is 5.78 Å². The van der Waals surface area contributed by atoms with Gasteiger partial charge in [0.05, 0.1) is 24.6 Å². The lowest BCUT2D eigenvalue weighted by Crippen LogP contribution is -2.26. The fraction of sp³-hybridized carbons (Fsp3) is 0.263. The zero-order valence-electron chi connectivity index (χ0n) is 15.3. The van der Waals surface area contributed by atoms with Crippen LogP contribution in [0, 0.1) is 25.2 Å². The second kappa shape index (κ2) is 8.19. The van der Waals surface area contributed by atoms with Crippen molar-refractivity contribution < 1.29 is 28.3 Å². The lowest BCUT2D eigenvalue weighted by atomic mass is 10.1. The maximum Gasteiger partial charge on any atom is 0.349 e. The number of esters is 2. The molecule has 2 aromatic rings. The van der Waals surface area contributed by atoms with Crippen LogP contribution in [0.5, 0.6) is 0 Å². The Morgan fingerprint density at radius 1 is 1.33 bits per heavy atom. The minimum absolute atomic E-state index is 0.140. The highest BCUT2D eigenvalue weighted by Gasteiger charge is 2.28. The van der Waals surface area contributed by atoms with E-state index in [0.717, 1.165) is 0 Å². The van der Waals surface area contributed by atoms with Crippen molar-refractivity contribution >= 4 is 23.8 Å². The molecule has 0 unspecified atom stereocenters. The Bertz CT molecular complexity index is 944. The lowest BCUT2D eigenvalue weighted by molar-refractivity contribution is -0.141. The minimum atomic E-state index is -1.17. The summed E-state index contributed by atoms with van der Waals surface area (Å²) in [5.41, 5.74) is 0.964. The number of Topliss-reactive ketones (excluding diaryl/α,β-unsaturated/α-hetero) is 1. The Balaban J connectivity index is 2.20. The summed E-state index contributed by atoms with van der Waals surface area (Å²) >= 11 is 0. The van der Waals surface area contributed by atoms with Crippen LogP contribution in [0.25, 0.3) is 6.08 Å². The van der Waals surface area contributed by atoms with E-state index >= 15 is 0 Å². The summed E-state index contributed by atoms with van der Waals surface area (Å²) in [6.07, 6.45) is 1.44. The molecule has 0 spiro atoms. The van der Waals surface area contributed by atoms with Gasteiger partial charge in [-0.1, -0.05) is 0 Å². The number of aromatic amines is 1. The number of nitrogens with zero attached hydrogens (tertiary/aromatic N) is 1. The van der Waals surface area contributed by atoms with E-state index in [1.54, 1.807) is 32.0 Å². The molecule has 0 aromatic carbocycles. The molecule has 2 rings (SSSR count). The van der Waals surface area contributed by atoms with Gasteiger partial charge in [0, 0.05) is 11.8 Å². The summed E-state index contributed by atoms with van der Waals surface area (Å²) in [6, 6.07) is 4.89. The molecular weight excluding hydrogens is 352 g/mol. The highest BCUT2D eigenvalue weighted by Crippen LogP contribution is 2.21. The van der Waals surface area contributed by atoms with Gasteiger partial charge in [-0.05, 0) is 38.5 Å². The van der Waals surface area contributed by atoms with Gasteiger partial charge >= 0.3 is 11.9 Å². The number of carbonyl (C=O) groups excluding carboxylic acids is 3. The molecule has 1 N–H and O–H groups in total. The third kappa shape index (κ3) is 4.15. The third-order valence-electron chi connectivity index (χ3n) is 3.90. The number of ether oxygens (including phenoxy) is 2. The monoisotopic (exact) mass is 370 g/mol. The molecule has 27 heavy (non-hydrogen) atoms. The van der Waals surface area contributed by atoms with Crippen LogP contribution in [0.4, 0.5) is 0 Å². The van der Waals surface area contributed by atoms with Gasteiger partial charge in [-0.15, -0.1) is 0 Å². The molecular formula is C19H18N2O6. The van der Waals surface area contributed by atoms with E-state index in [4.69, 9.17) is 19.2 Å². The summed E-state index contributed by atoms with van der Waals surface area (Å²) < 4.78 is 14.9. The third-order valence-corrected chi connectivity index (χ3v) is 3.90. The Kier molecular flexibility index (Phi) is 5.98. The standard InChI is InChI=1S/C19H18N2O6/c1-10-15(19(24)25-4)11(2)21-16(10)17(22)12(3)27-18(23)13(9-20)8-14-6-5-7-26-14/h5-8,12,21H,1-4H3/b13-8+/t12-/m0/s1. The predicted molar refractivity (Wildman–Crippen MR) is 93.8 cm³/mol. The van der Waals surface area contributed by atoms with Gasteiger partial charge in [0.15, 0.2) is 6.10 Å². The van der Waals surface area contributed by atoms with Gasteiger partial charge in [-0.3, -0.25) is 4.79 Å². The van der Waals surface area contributed by atoms with Crippen LogP contribution in [0.1, 0.15) is 44.8 Å². The number of nitriles is 1. The van der Waals surface area contributed by atoms with Crippen LogP contribution in [-0.4, -0.2) is 35.9 Å². The summed E-state index contributed by atoms with van der Waals surface area (Å²) in [6.45, 7) is 4.61. The molecule has 0 saturated carbocycles. The van der Waals surface area contributed by atoms with E-state index in [1.807, 2.05) is 0 Å². The zero-order valence-corrected chi connectivity index (χ0v) is 15.3. The van der Waals surface area contributed by atoms with E-state index < -0.39 is 23.8 Å². The normalized spacial score (nSPS) is 12.2. The average Bonchev–Trinajstić information content (AvgIpc) is 3.25. The topological polar surface area (TPSA) is 122 Å². The van der Waals surface area contributed by atoms with E-state index in [1.165, 1.54) is 26.4 Å².